The van der Waals surface area contributed by atoms with Gasteiger partial charge in [0.2, 0.25) is 0 Å². The van der Waals surface area contributed by atoms with E-state index in [1.54, 1.807) is 0 Å². The van der Waals surface area contributed by atoms with Gasteiger partial charge in [-0.3, -0.25) is 9.69 Å². The Morgan fingerprint density at radius 1 is 1.13 bits per heavy atom. The van der Waals surface area contributed by atoms with Gasteiger partial charge in [0.15, 0.2) is 0 Å². The van der Waals surface area contributed by atoms with Crippen LogP contribution < -0.4 is 4.90 Å². The minimum atomic E-state index is -0.893. The van der Waals surface area contributed by atoms with Gasteiger partial charge in [-0.05, 0) is 31.4 Å². The molecule has 2 saturated heterocycles. The van der Waals surface area contributed by atoms with E-state index in [9.17, 15) is 15.0 Å². The van der Waals surface area contributed by atoms with Crippen molar-refractivity contribution in [3.8, 4) is 0 Å². The van der Waals surface area contributed by atoms with Crippen LogP contribution in [0, 0.1) is 5.92 Å². The number of aliphatic carboxylic acids is 1. The Hall–Kier alpha value is -1.30. The molecule has 2 unspecified atom stereocenters. The molecular weight excluding hydrogens is 316 g/mol. The van der Waals surface area contributed by atoms with Crippen LogP contribution in [0.5, 0.6) is 0 Å². The molecule has 1 aromatic carbocycles. The standard InChI is InChI=1S/C17H23ClN2O3/c18-14-3-1-2-4-15(14)19-8-5-12(6-9-19)20-10-7-16(21)13(11-20)17(22)23/h1-4,12-13,16,21H,5-11H2,(H,22,23). The zero-order valence-corrected chi connectivity index (χ0v) is 13.8. The highest BCUT2D eigenvalue weighted by Gasteiger charge is 2.36. The number of anilines is 1. The first-order valence-electron chi connectivity index (χ1n) is 8.20. The molecule has 0 spiro atoms. The molecule has 0 radical (unpaired) electrons. The Bertz CT molecular complexity index is 561. The average molecular weight is 339 g/mol. The van der Waals surface area contributed by atoms with Crippen molar-refractivity contribution in [2.75, 3.05) is 31.1 Å². The van der Waals surface area contributed by atoms with Gasteiger partial charge in [-0.1, -0.05) is 23.7 Å². The maximum Gasteiger partial charge on any atom is 0.310 e. The summed E-state index contributed by atoms with van der Waals surface area (Å²) in [5, 5.41) is 19.9. The molecule has 126 valence electrons. The Kier molecular flexibility index (Phi) is 5.09. The fourth-order valence-corrected chi connectivity index (χ4v) is 3.97. The molecule has 0 aliphatic carbocycles. The highest BCUT2D eigenvalue weighted by atomic mass is 35.5. The first-order chi connectivity index (χ1) is 11.1. The number of aliphatic hydroxyl groups excluding tert-OH is 1. The summed E-state index contributed by atoms with van der Waals surface area (Å²) in [6.07, 6.45) is 1.81. The Balaban J connectivity index is 1.59. The van der Waals surface area contributed by atoms with E-state index in [-0.39, 0.29) is 0 Å². The van der Waals surface area contributed by atoms with Gasteiger partial charge in [0.25, 0.3) is 0 Å². The summed E-state index contributed by atoms with van der Waals surface area (Å²) in [5.74, 6) is -1.55. The van der Waals surface area contributed by atoms with Crippen LogP contribution in [0.2, 0.25) is 5.02 Å². The molecule has 0 amide bonds. The lowest BCUT2D eigenvalue weighted by Crippen LogP contribution is -2.53. The SMILES string of the molecule is O=C(O)C1CN(C2CCN(c3ccccc3Cl)CC2)CCC1O. The van der Waals surface area contributed by atoms with Crippen LogP contribution in [-0.2, 0) is 4.79 Å². The van der Waals surface area contributed by atoms with E-state index >= 15 is 0 Å². The zero-order valence-electron chi connectivity index (χ0n) is 13.1. The van der Waals surface area contributed by atoms with Crippen LogP contribution in [0.3, 0.4) is 0 Å². The lowest BCUT2D eigenvalue weighted by molar-refractivity contribution is -0.149. The number of para-hydroxylation sites is 1. The fraction of sp³-hybridized carbons (Fsp3) is 0.588. The van der Waals surface area contributed by atoms with Crippen LogP contribution in [0.15, 0.2) is 24.3 Å². The highest BCUT2D eigenvalue weighted by Crippen LogP contribution is 2.30. The van der Waals surface area contributed by atoms with Crippen LogP contribution in [-0.4, -0.2) is 59.4 Å². The van der Waals surface area contributed by atoms with Gasteiger partial charge in [-0.15, -0.1) is 0 Å². The third kappa shape index (κ3) is 3.62. The van der Waals surface area contributed by atoms with Crippen molar-refractivity contribution >= 4 is 23.3 Å². The molecule has 6 heteroatoms. The second kappa shape index (κ2) is 7.07. The van der Waals surface area contributed by atoms with Crippen molar-refractivity contribution in [3.05, 3.63) is 29.3 Å². The largest absolute Gasteiger partial charge is 0.481 e. The molecule has 2 atom stereocenters. The van der Waals surface area contributed by atoms with E-state index < -0.39 is 18.0 Å². The van der Waals surface area contributed by atoms with Crippen molar-refractivity contribution in [1.82, 2.24) is 4.90 Å². The van der Waals surface area contributed by atoms with Crippen LogP contribution >= 0.6 is 11.6 Å². The van der Waals surface area contributed by atoms with E-state index in [4.69, 9.17) is 11.6 Å². The highest BCUT2D eigenvalue weighted by molar-refractivity contribution is 6.33. The third-order valence-corrected chi connectivity index (χ3v) is 5.42. The van der Waals surface area contributed by atoms with Gasteiger partial charge in [0.1, 0.15) is 0 Å². The predicted octanol–water partition coefficient (Wildman–Crippen LogP) is 2.08. The van der Waals surface area contributed by atoms with E-state index in [1.165, 1.54) is 0 Å². The van der Waals surface area contributed by atoms with Crippen molar-refractivity contribution in [2.45, 2.75) is 31.4 Å². The van der Waals surface area contributed by atoms with Crippen molar-refractivity contribution in [1.29, 1.82) is 0 Å². The first-order valence-corrected chi connectivity index (χ1v) is 8.58. The van der Waals surface area contributed by atoms with Gasteiger partial charge < -0.3 is 15.1 Å². The van der Waals surface area contributed by atoms with Crippen molar-refractivity contribution in [3.63, 3.8) is 0 Å². The van der Waals surface area contributed by atoms with Crippen molar-refractivity contribution in [2.24, 2.45) is 5.92 Å². The number of likely N-dealkylation sites (tertiary alicyclic amines) is 1. The van der Waals surface area contributed by atoms with Gasteiger partial charge in [0.05, 0.1) is 22.7 Å². The maximum absolute atomic E-state index is 11.3. The van der Waals surface area contributed by atoms with E-state index in [0.717, 1.165) is 43.2 Å². The number of benzene rings is 1. The second-order valence-electron chi connectivity index (χ2n) is 6.47. The molecule has 2 aliphatic heterocycles. The second-order valence-corrected chi connectivity index (χ2v) is 6.87. The number of carbonyl (C=O) groups is 1. The number of halogens is 1. The quantitative estimate of drug-likeness (QED) is 0.883. The Morgan fingerprint density at radius 3 is 2.48 bits per heavy atom. The van der Waals surface area contributed by atoms with Gasteiger partial charge >= 0.3 is 5.97 Å². The number of hydrogen-bond donors (Lipinski definition) is 2. The molecule has 2 aliphatic rings. The number of aliphatic hydroxyl groups is 1. The van der Waals surface area contributed by atoms with Gasteiger partial charge in [-0.25, -0.2) is 0 Å². The minimum Gasteiger partial charge on any atom is -0.481 e. The third-order valence-electron chi connectivity index (χ3n) is 5.10. The molecule has 23 heavy (non-hydrogen) atoms. The summed E-state index contributed by atoms with van der Waals surface area (Å²) in [5.41, 5.74) is 1.07. The average Bonchev–Trinajstić information content (AvgIpc) is 2.56. The molecule has 0 saturated carbocycles. The summed E-state index contributed by atoms with van der Waals surface area (Å²) >= 11 is 6.27. The number of piperidine rings is 2. The molecular formula is C17H23ClN2O3. The maximum atomic E-state index is 11.3. The van der Waals surface area contributed by atoms with Gasteiger partial charge in [0, 0.05) is 32.2 Å². The molecule has 3 rings (SSSR count). The van der Waals surface area contributed by atoms with Crippen LogP contribution in [0.4, 0.5) is 5.69 Å². The zero-order chi connectivity index (χ0) is 16.4. The number of hydrogen-bond acceptors (Lipinski definition) is 4. The normalized spacial score (nSPS) is 27.1. The monoisotopic (exact) mass is 338 g/mol. The van der Waals surface area contributed by atoms with E-state index in [1.807, 2.05) is 24.3 Å². The number of carboxylic acid groups (broad SMARTS) is 1. The summed E-state index contributed by atoms with van der Waals surface area (Å²) in [6, 6.07) is 8.27. The molecule has 0 bridgehead atoms. The predicted molar refractivity (Wildman–Crippen MR) is 90.0 cm³/mol. The van der Waals surface area contributed by atoms with Crippen LogP contribution in [0.25, 0.3) is 0 Å². The number of nitrogens with zero attached hydrogens (tertiary/aromatic N) is 2. The molecule has 2 N–H and O–H groups in total. The lowest BCUT2D eigenvalue weighted by Gasteiger charge is -2.43. The fourth-order valence-electron chi connectivity index (χ4n) is 3.72. The summed E-state index contributed by atoms with van der Waals surface area (Å²) < 4.78 is 0. The van der Waals surface area contributed by atoms with E-state index in [0.29, 0.717) is 19.0 Å². The summed E-state index contributed by atoms with van der Waals surface area (Å²) in [4.78, 5) is 15.8. The lowest BCUT2D eigenvalue weighted by atomic mass is 9.91. The van der Waals surface area contributed by atoms with E-state index in [2.05, 4.69) is 9.80 Å². The number of carboxylic acids is 1. The molecule has 5 nitrogen and oxygen atoms in total. The molecule has 2 heterocycles. The topological polar surface area (TPSA) is 64.0 Å². The summed E-state index contributed by atoms with van der Waals surface area (Å²) in [7, 11) is 0. The number of rotatable bonds is 3. The Labute approximate surface area is 141 Å². The van der Waals surface area contributed by atoms with Gasteiger partial charge in [-0.2, -0.15) is 0 Å². The molecule has 0 aromatic heterocycles. The van der Waals surface area contributed by atoms with Crippen LogP contribution in [0.1, 0.15) is 19.3 Å². The summed E-state index contributed by atoms with van der Waals surface area (Å²) in [6.45, 7) is 3.07. The first kappa shape index (κ1) is 16.6. The molecule has 1 aromatic rings. The minimum absolute atomic E-state index is 0.392. The smallest absolute Gasteiger partial charge is 0.310 e. The Morgan fingerprint density at radius 2 is 1.83 bits per heavy atom. The molecule has 2 fully saturated rings. The van der Waals surface area contributed by atoms with Crippen molar-refractivity contribution < 1.29 is 15.0 Å².